The molecule has 0 aliphatic carbocycles. The summed E-state index contributed by atoms with van der Waals surface area (Å²) >= 11 is 0. The van der Waals surface area contributed by atoms with Gasteiger partial charge in [0.15, 0.2) is 0 Å². The lowest BCUT2D eigenvalue weighted by Gasteiger charge is -2.14. The molecule has 0 radical (unpaired) electrons. The summed E-state index contributed by atoms with van der Waals surface area (Å²) in [6, 6.07) is 14.2. The second-order valence-electron chi connectivity index (χ2n) is 7.11. The molecule has 1 aliphatic heterocycles. The van der Waals surface area contributed by atoms with E-state index in [2.05, 4.69) is 15.6 Å². The molecule has 1 aromatic heterocycles. The number of aromatic nitrogens is 1. The maximum Gasteiger partial charge on any atom is 0.266 e. The summed E-state index contributed by atoms with van der Waals surface area (Å²) in [5.74, 6) is -1.33. The summed E-state index contributed by atoms with van der Waals surface area (Å²) in [5.41, 5.74) is 1.41. The molecule has 0 bridgehead atoms. The largest absolute Gasteiger partial charge is 0.494 e. The third-order valence-electron chi connectivity index (χ3n) is 4.91. The molecule has 0 saturated heterocycles. The number of nitrogens with zero attached hydrogens (tertiary/aromatic N) is 2. The SMILES string of the molecule is CCOc1ccc(N2C(=O)c3ccc(C(=O)NCC(=O)Nc4cccnc4)cc3C2=O)cc1. The van der Waals surface area contributed by atoms with E-state index in [1.165, 1.54) is 24.4 Å². The van der Waals surface area contributed by atoms with Crippen LogP contribution < -0.4 is 20.3 Å². The van der Waals surface area contributed by atoms with E-state index in [0.29, 0.717) is 23.7 Å². The van der Waals surface area contributed by atoms with E-state index in [9.17, 15) is 19.2 Å². The lowest BCUT2D eigenvalue weighted by atomic mass is 10.1. The van der Waals surface area contributed by atoms with Gasteiger partial charge in [0, 0.05) is 11.8 Å². The van der Waals surface area contributed by atoms with Crippen molar-refractivity contribution in [1.29, 1.82) is 0 Å². The zero-order chi connectivity index (χ0) is 23.4. The number of pyridine rings is 1. The Kier molecular flexibility index (Phi) is 6.12. The minimum absolute atomic E-state index is 0.126. The molecule has 9 nitrogen and oxygen atoms in total. The number of benzene rings is 2. The highest BCUT2D eigenvalue weighted by Gasteiger charge is 2.37. The Morgan fingerprint density at radius 1 is 1.00 bits per heavy atom. The fourth-order valence-corrected chi connectivity index (χ4v) is 3.38. The molecule has 33 heavy (non-hydrogen) atoms. The van der Waals surface area contributed by atoms with Crippen molar-refractivity contribution >= 4 is 35.0 Å². The van der Waals surface area contributed by atoms with Crippen LogP contribution in [0.1, 0.15) is 38.0 Å². The van der Waals surface area contributed by atoms with E-state index in [0.717, 1.165) is 4.90 Å². The summed E-state index contributed by atoms with van der Waals surface area (Å²) in [7, 11) is 0. The highest BCUT2D eigenvalue weighted by molar-refractivity contribution is 6.34. The lowest BCUT2D eigenvalue weighted by Crippen LogP contribution is -2.33. The first-order valence-electron chi connectivity index (χ1n) is 10.2. The van der Waals surface area contributed by atoms with Gasteiger partial charge < -0.3 is 15.4 Å². The summed E-state index contributed by atoms with van der Waals surface area (Å²) in [6.07, 6.45) is 3.06. The van der Waals surface area contributed by atoms with Gasteiger partial charge in [0.2, 0.25) is 5.91 Å². The Labute approximate surface area is 189 Å². The van der Waals surface area contributed by atoms with Crippen molar-refractivity contribution in [2.24, 2.45) is 0 Å². The number of ether oxygens (including phenoxy) is 1. The van der Waals surface area contributed by atoms with Crippen LogP contribution in [0.5, 0.6) is 5.75 Å². The van der Waals surface area contributed by atoms with Crippen molar-refractivity contribution in [2.45, 2.75) is 6.92 Å². The van der Waals surface area contributed by atoms with Gasteiger partial charge in [-0.05, 0) is 61.5 Å². The van der Waals surface area contributed by atoms with Gasteiger partial charge in [-0.25, -0.2) is 4.90 Å². The van der Waals surface area contributed by atoms with Crippen molar-refractivity contribution < 1.29 is 23.9 Å². The van der Waals surface area contributed by atoms with Crippen LogP contribution in [-0.4, -0.2) is 41.8 Å². The molecule has 0 atom stereocenters. The standard InChI is InChI=1S/C24H20N4O5/c1-2-33-18-8-6-17(7-9-18)28-23(31)19-10-5-15(12-20(19)24(28)32)22(30)26-14-21(29)27-16-4-3-11-25-13-16/h3-13H,2,14H2,1H3,(H,26,30)(H,27,29). The first-order chi connectivity index (χ1) is 16.0. The van der Waals surface area contributed by atoms with Gasteiger partial charge in [-0.3, -0.25) is 24.2 Å². The predicted molar refractivity (Wildman–Crippen MR) is 120 cm³/mol. The second kappa shape index (κ2) is 9.31. The molecule has 1 aliphatic rings. The first-order valence-corrected chi connectivity index (χ1v) is 10.2. The highest BCUT2D eigenvalue weighted by atomic mass is 16.5. The van der Waals surface area contributed by atoms with Gasteiger partial charge in [0.25, 0.3) is 17.7 Å². The average Bonchev–Trinajstić information content (AvgIpc) is 3.08. The fourth-order valence-electron chi connectivity index (χ4n) is 3.38. The summed E-state index contributed by atoms with van der Waals surface area (Å²) in [4.78, 5) is 55.2. The van der Waals surface area contributed by atoms with Crippen LogP contribution in [0.25, 0.3) is 0 Å². The number of nitrogens with one attached hydrogen (secondary N) is 2. The van der Waals surface area contributed by atoms with Gasteiger partial charge in [0.05, 0.1) is 41.9 Å². The van der Waals surface area contributed by atoms with Gasteiger partial charge in [-0.15, -0.1) is 0 Å². The molecular formula is C24H20N4O5. The Balaban J connectivity index is 1.44. The average molecular weight is 444 g/mol. The number of rotatable bonds is 7. The number of hydrogen-bond donors (Lipinski definition) is 2. The molecule has 4 rings (SSSR count). The van der Waals surface area contributed by atoms with Crippen LogP contribution in [0.4, 0.5) is 11.4 Å². The molecule has 2 N–H and O–H groups in total. The maximum absolute atomic E-state index is 12.9. The molecule has 3 aromatic rings. The van der Waals surface area contributed by atoms with Crippen molar-refractivity contribution in [3.05, 3.63) is 83.7 Å². The fraction of sp³-hybridized carbons (Fsp3) is 0.125. The van der Waals surface area contributed by atoms with E-state index in [4.69, 9.17) is 4.74 Å². The normalized spacial score (nSPS) is 12.3. The second-order valence-corrected chi connectivity index (χ2v) is 7.11. The topological polar surface area (TPSA) is 118 Å². The van der Waals surface area contributed by atoms with Crippen molar-refractivity contribution in [3.63, 3.8) is 0 Å². The third kappa shape index (κ3) is 4.57. The summed E-state index contributed by atoms with van der Waals surface area (Å²) < 4.78 is 5.39. The molecule has 0 fully saturated rings. The number of amides is 4. The molecule has 2 aromatic carbocycles. The highest BCUT2D eigenvalue weighted by Crippen LogP contribution is 2.30. The zero-order valence-electron chi connectivity index (χ0n) is 17.7. The van der Waals surface area contributed by atoms with Crippen LogP contribution in [0, 0.1) is 0 Å². The Morgan fingerprint density at radius 2 is 1.76 bits per heavy atom. The monoisotopic (exact) mass is 444 g/mol. The van der Waals surface area contributed by atoms with E-state index < -0.39 is 23.6 Å². The van der Waals surface area contributed by atoms with E-state index in [-0.39, 0.29) is 23.2 Å². The lowest BCUT2D eigenvalue weighted by molar-refractivity contribution is -0.115. The van der Waals surface area contributed by atoms with Crippen LogP contribution in [0.2, 0.25) is 0 Å². The van der Waals surface area contributed by atoms with Gasteiger partial charge in [-0.1, -0.05) is 0 Å². The van der Waals surface area contributed by atoms with Crippen molar-refractivity contribution in [2.75, 3.05) is 23.4 Å². The number of fused-ring (bicyclic) bond motifs is 1. The van der Waals surface area contributed by atoms with Gasteiger partial charge >= 0.3 is 0 Å². The molecule has 9 heteroatoms. The van der Waals surface area contributed by atoms with Crippen molar-refractivity contribution in [3.8, 4) is 5.75 Å². The smallest absolute Gasteiger partial charge is 0.266 e. The minimum Gasteiger partial charge on any atom is -0.494 e. The molecule has 166 valence electrons. The van der Waals surface area contributed by atoms with E-state index >= 15 is 0 Å². The molecule has 2 heterocycles. The van der Waals surface area contributed by atoms with Crippen LogP contribution in [-0.2, 0) is 4.79 Å². The summed E-state index contributed by atoms with van der Waals surface area (Å²) in [5, 5.41) is 5.11. The van der Waals surface area contributed by atoms with Crippen LogP contribution >= 0.6 is 0 Å². The quantitative estimate of drug-likeness (QED) is 0.541. The predicted octanol–water partition coefficient (Wildman–Crippen LogP) is 2.65. The Hall–Kier alpha value is -4.53. The first kappa shape index (κ1) is 21.7. The summed E-state index contributed by atoms with van der Waals surface area (Å²) in [6.45, 7) is 2.09. The Bertz CT molecular complexity index is 1230. The van der Waals surface area contributed by atoms with Crippen LogP contribution in [0.3, 0.4) is 0 Å². The number of hydrogen-bond acceptors (Lipinski definition) is 6. The number of imide groups is 1. The molecule has 0 spiro atoms. The molecular weight excluding hydrogens is 424 g/mol. The number of anilines is 2. The van der Waals surface area contributed by atoms with E-state index in [1.54, 1.807) is 42.6 Å². The molecule has 0 unspecified atom stereocenters. The maximum atomic E-state index is 12.9. The molecule has 0 saturated carbocycles. The van der Waals surface area contributed by atoms with Gasteiger partial charge in [0.1, 0.15) is 5.75 Å². The number of carbonyl (C=O) groups is 4. The zero-order valence-corrected chi connectivity index (χ0v) is 17.7. The van der Waals surface area contributed by atoms with E-state index in [1.807, 2.05) is 6.92 Å². The molecule has 4 amide bonds. The third-order valence-corrected chi connectivity index (χ3v) is 4.91. The van der Waals surface area contributed by atoms with Gasteiger partial charge in [-0.2, -0.15) is 0 Å². The minimum atomic E-state index is -0.543. The van der Waals surface area contributed by atoms with Crippen molar-refractivity contribution in [1.82, 2.24) is 10.3 Å². The number of carbonyl (C=O) groups excluding carboxylic acids is 4. The van der Waals surface area contributed by atoms with Crippen LogP contribution in [0.15, 0.2) is 67.0 Å². The Morgan fingerprint density at radius 3 is 2.45 bits per heavy atom.